The molecule has 8 heteroatoms. The number of alkyl halides is 3. The number of carbonyl (C=O) groups excluding carboxylic acids is 1. The summed E-state index contributed by atoms with van der Waals surface area (Å²) >= 11 is 0. The molecule has 0 spiro atoms. The number of anilines is 1. The molecule has 0 aliphatic rings. The van der Waals surface area contributed by atoms with Crippen LogP contribution >= 0.6 is 0 Å². The SMILES string of the molecule is CCC(CO)NC(=O)Nc1cccc(OC(F)(F)F)c1. The fraction of sp³-hybridized carbons (Fsp3) is 0.417. The van der Waals surface area contributed by atoms with Crippen LogP contribution in [0.5, 0.6) is 5.75 Å². The van der Waals surface area contributed by atoms with Crippen LogP contribution in [0.4, 0.5) is 23.7 Å². The molecule has 0 saturated carbocycles. The molecule has 0 saturated heterocycles. The molecule has 5 nitrogen and oxygen atoms in total. The Morgan fingerprint density at radius 1 is 1.45 bits per heavy atom. The van der Waals surface area contributed by atoms with Crippen molar-refractivity contribution in [3.63, 3.8) is 0 Å². The third-order valence-electron chi connectivity index (χ3n) is 2.37. The Hall–Kier alpha value is -1.96. The first-order chi connectivity index (χ1) is 9.34. The molecule has 1 atom stereocenters. The van der Waals surface area contributed by atoms with Gasteiger partial charge in [0, 0.05) is 11.8 Å². The monoisotopic (exact) mass is 292 g/mol. The van der Waals surface area contributed by atoms with E-state index in [0.717, 1.165) is 12.1 Å². The number of amides is 2. The number of hydrogen-bond donors (Lipinski definition) is 3. The van der Waals surface area contributed by atoms with Gasteiger partial charge in [-0.3, -0.25) is 0 Å². The van der Waals surface area contributed by atoms with Crippen LogP contribution in [0, 0.1) is 0 Å². The van der Waals surface area contributed by atoms with Gasteiger partial charge in [0.1, 0.15) is 5.75 Å². The number of ether oxygens (including phenoxy) is 1. The third kappa shape index (κ3) is 5.79. The van der Waals surface area contributed by atoms with Crippen molar-refractivity contribution in [1.29, 1.82) is 0 Å². The molecule has 0 fully saturated rings. The molecule has 1 rings (SSSR count). The minimum Gasteiger partial charge on any atom is -0.406 e. The van der Waals surface area contributed by atoms with Crippen LogP contribution in [0.15, 0.2) is 24.3 Å². The highest BCUT2D eigenvalue weighted by molar-refractivity contribution is 5.89. The Balaban J connectivity index is 2.64. The average Bonchev–Trinajstić information content (AvgIpc) is 2.34. The van der Waals surface area contributed by atoms with Gasteiger partial charge >= 0.3 is 12.4 Å². The summed E-state index contributed by atoms with van der Waals surface area (Å²) in [6.45, 7) is 1.56. The second-order valence-electron chi connectivity index (χ2n) is 3.96. The fourth-order valence-electron chi connectivity index (χ4n) is 1.40. The second kappa shape index (κ2) is 6.99. The van der Waals surface area contributed by atoms with Crippen LogP contribution in [0.1, 0.15) is 13.3 Å². The van der Waals surface area contributed by atoms with E-state index in [1.807, 2.05) is 0 Å². The van der Waals surface area contributed by atoms with Crippen LogP contribution in [-0.2, 0) is 0 Å². The van der Waals surface area contributed by atoms with E-state index in [4.69, 9.17) is 5.11 Å². The molecule has 2 amide bonds. The molecule has 0 radical (unpaired) electrons. The van der Waals surface area contributed by atoms with Gasteiger partial charge in [0.15, 0.2) is 0 Å². The van der Waals surface area contributed by atoms with Gasteiger partial charge in [-0.25, -0.2) is 4.79 Å². The normalized spacial score (nSPS) is 12.7. The van der Waals surface area contributed by atoms with Crippen LogP contribution < -0.4 is 15.4 Å². The van der Waals surface area contributed by atoms with Gasteiger partial charge in [0.25, 0.3) is 0 Å². The molecule has 1 unspecified atom stereocenters. The van der Waals surface area contributed by atoms with Crippen molar-refractivity contribution in [2.45, 2.75) is 25.7 Å². The molecule has 3 N–H and O–H groups in total. The number of benzene rings is 1. The number of halogens is 3. The molecule has 0 aliphatic carbocycles. The first-order valence-electron chi connectivity index (χ1n) is 5.88. The number of urea groups is 1. The topological polar surface area (TPSA) is 70.6 Å². The van der Waals surface area contributed by atoms with Crippen molar-refractivity contribution >= 4 is 11.7 Å². The molecular formula is C12H15F3N2O3. The molecule has 20 heavy (non-hydrogen) atoms. The Kier molecular flexibility index (Phi) is 5.63. The summed E-state index contributed by atoms with van der Waals surface area (Å²) in [6, 6.07) is 3.88. The lowest BCUT2D eigenvalue weighted by Gasteiger charge is -2.15. The van der Waals surface area contributed by atoms with Gasteiger partial charge in [0.05, 0.1) is 12.6 Å². The van der Waals surface area contributed by atoms with Crippen molar-refractivity contribution in [2.24, 2.45) is 0 Å². The minimum atomic E-state index is -4.79. The van der Waals surface area contributed by atoms with E-state index >= 15 is 0 Å². The van der Waals surface area contributed by atoms with Crippen molar-refractivity contribution in [3.8, 4) is 5.75 Å². The Morgan fingerprint density at radius 2 is 2.15 bits per heavy atom. The Labute approximate surface area is 113 Å². The number of rotatable bonds is 5. The molecule has 1 aromatic carbocycles. The lowest BCUT2D eigenvalue weighted by Crippen LogP contribution is -2.39. The van der Waals surface area contributed by atoms with Crippen LogP contribution in [0.3, 0.4) is 0 Å². The zero-order valence-corrected chi connectivity index (χ0v) is 10.7. The number of aliphatic hydroxyl groups is 1. The number of carbonyl (C=O) groups is 1. The quantitative estimate of drug-likeness (QED) is 0.781. The summed E-state index contributed by atoms with van der Waals surface area (Å²) in [6.07, 6.45) is -4.26. The van der Waals surface area contributed by atoms with E-state index in [2.05, 4.69) is 15.4 Å². The van der Waals surface area contributed by atoms with Crippen molar-refractivity contribution < 1.29 is 27.8 Å². The average molecular weight is 292 g/mol. The number of hydrogen-bond acceptors (Lipinski definition) is 3. The molecule has 0 heterocycles. The van der Waals surface area contributed by atoms with Gasteiger partial charge in [-0.1, -0.05) is 13.0 Å². The number of nitrogens with one attached hydrogen (secondary N) is 2. The van der Waals surface area contributed by atoms with Crippen LogP contribution in [0.25, 0.3) is 0 Å². The van der Waals surface area contributed by atoms with E-state index in [0.29, 0.717) is 6.42 Å². The predicted octanol–water partition coefficient (Wildman–Crippen LogP) is 2.48. The first-order valence-corrected chi connectivity index (χ1v) is 5.88. The standard InChI is InChI=1S/C12H15F3N2O3/c1-2-8(7-18)16-11(19)17-9-4-3-5-10(6-9)20-12(13,14)15/h3-6,8,18H,2,7H2,1H3,(H2,16,17,19). The molecule has 112 valence electrons. The molecule has 0 aliphatic heterocycles. The fourth-order valence-corrected chi connectivity index (χ4v) is 1.40. The van der Waals surface area contributed by atoms with Crippen molar-refractivity contribution in [2.75, 3.05) is 11.9 Å². The predicted molar refractivity (Wildman–Crippen MR) is 66.4 cm³/mol. The van der Waals surface area contributed by atoms with Gasteiger partial charge in [-0.15, -0.1) is 13.2 Å². The van der Waals surface area contributed by atoms with Gasteiger partial charge in [-0.2, -0.15) is 0 Å². The van der Waals surface area contributed by atoms with Crippen LogP contribution in [-0.4, -0.2) is 30.1 Å². The van der Waals surface area contributed by atoms with Gasteiger partial charge in [0.2, 0.25) is 0 Å². The zero-order valence-electron chi connectivity index (χ0n) is 10.7. The maximum atomic E-state index is 12.0. The van der Waals surface area contributed by atoms with Gasteiger partial charge in [-0.05, 0) is 18.6 Å². The highest BCUT2D eigenvalue weighted by Crippen LogP contribution is 2.24. The van der Waals surface area contributed by atoms with Crippen molar-refractivity contribution in [3.05, 3.63) is 24.3 Å². The summed E-state index contributed by atoms with van der Waals surface area (Å²) in [5.41, 5.74) is 0.150. The molecule has 0 aromatic heterocycles. The van der Waals surface area contributed by atoms with E-state index in [1.165, 1.54) is 12.1 Å². The highest BCUT2D eigenvalue weighted by atomic mass is 19.4. The molecule has 1 aromatic rings. The highest BCUT2D eigenvalue weighted by Gasteiger charge is 2.31. The summed E-state index contributed by atoms with van der Waals surface area (Å²) < 4.78 is 39.9. The molecular weight excluding hydrogens is 277 g/mol. The Morgan fingerprint density at radius 3 is 2.70 bits per heavy atom. The van der Waals surface area contributed by atoms with E-state index < -0.39 is 24.2 Å². The smallest absolute Gasteiger partial charge is 0.406 e. The van der Waals surface area contributed by atoms with Crippen molar-refractivity contribution in [1.82, 2.24) is 5.32 Å². The maximum absolute atomic E-state index is 12.0. The zero-order chi connectivity index (χ0) is 15.2. The summed E-state index contributed by atoms with van der Waals surface area (Å²) in [4.78, 5) is 11.5. The second-order valence-corrected chi connectivity index (χ2v) is 3.96. The summed E-state index contributed by atoms with van der Waals surface area (Å²) in [5, 5.41) is 13.8. The largest absolute Gasteiger partial charge is 0.573 e. The van der Waals surface area contributed by atoms with Gasteiger partial charge < -0.3 is 20.5 Å². The van der Waals surface area contributed by atoms with Crippen LogP contribution in [0.2, 0.25) is 0 Å². The summed E-state index contributed by atoms with van der Waals surface area (Å²) in [7, 11) is 0. The van der Waals surface area contributed by atoms with E-state index in [-0.39, 0.29) is 12.3 Å². The lowest BCUT2D eigenvalue weighted by atomic mass is 10.2. The maximum Gasteiger partial charge on any atom is 0.573 e. The first kappa shape index (κ1) is 16.1. The number of aliphatic hydroxyl groups excluding tert-OH is 1. The lowest BCUT2D eigenvalue weighted by molar-refractivity contribution is -0.274. The summed E-state index contributed by atoms with van der Waals surface area (Å²) in [5.74, 6) is -0.426. The van der Waals surface area contributed by atoms with E-state index in [9.17, 15) is 18.0 Å². The minimum absolute atomic E-state index is 0.150. The Bertz CT molecular complexity index is 448. The molecule has 0 bridgehead atoms. The third-order valence-corrected chi connectivity index (χ3v) is 2.37. The van der Waals surface area contributed by atoms with E-state index in [1.54, 1.807) is 6.92 Å².